The second-order valence-electron chi connectivity index (χ2n) is 4.89. The first-order valence-electron chi connectivity index (χ1n) is 6.76. The topological polar surface area (TPSA) is 93.4 Å². The fourth-order valence-electron chi connectivity index (χ4n) is 2.07. The molecule has 1 aromatic rings. The number of carbonyl (C=O) groups excluding carboxylic acids is 1. The molecule has 1 atom stereocenters. The number of nitrogens with one attached hydrogen (secondary N) is 1. The van der Waals surface area contributed by atoms with Crippen LogP contribution in [0.2, 0.25) is 0 Å². The maximum absolute atomic E-state index is 12.3. The molecule has 0 bridgehead atoms. The van der Waals surface area contributed by atoms with Gasteiger partial charge in [0, 0.05) is 18.8 Å². The summed E-state index contributed by atoms with van der Waals surface area (Å²) in [5.74, 6) is 0.354. The summed E-state index contributed by atoms with van der Waals surface area (Å²) < 4.78 is 5.24. The zero-order valence-electron chi connectivity index (χ0n) is 12.1. The van der Waals surface area contributed by atoms with Gasteiger partial charge in [0.05, 0.1) is 13.2 Å². The number of hydrogen-bond donors (Lipinski definition) is 2. The SMILES string of the molecule is Cc1cc(C(N)=S)nc(NC(C)C(=O)N2CCOCC2)n1. The highest BCUT2D eigenvalue weighted by Crippen LogP contribution is 2.08. The van der Waals surface area contributed by atoms with E-state index in [0.717, 1.165) is 5.69 Å². The van der Waals surface area contributed by atoms with E-state index in [0.29, 0.717) is 37.9 Å². The van der Waals surface area contributed by atoms with Crippen LogP contribution in [0.15, 0.2) is 6.07 Å². The molecule has 0 spiro atoms. The Morgan fingerprint density at radius 3 is 2.76 bits per heavy atom. The van der Waals surface area contributed by atoms with Gasteiger partial charge in [0.2, 0.25) is 11.9 Å². The van der Waals surface area contributed by atoms with E-state index in [9.17, 15) is 4.79 Å². The van der Waals surface area contributed by atoms with E-state index in [-0.39, 0.29) is 10.9 Å². The maximum Gasteiger partial charge on any atom is 0.245 e. The van der Waals surface area contributed by atoms with Crippen molar-refractivity contribution < 1.29 is 9.53 Å². The zero-order chi connectivity index (χ0) is 15.4. The number of hydrogen-bond acceptors (Lipinski definition) is 6. The van der Waals surface area contributed by atoms with Gasteiger partial charge in [0.1, 0.15) is 16.7 Å². The highest BCUT2D eigenvalue weighted by molar-refractivity contribution is 7.80. The third kappa shape index (κ3) is 4.08. The largest absolute Gasteiger partial charge is 0.388 e. The Labute approximate surface area is 128 Å². The number of ether oxygens (including phenoxy) is 1. The van der Waals surface area contributed by atoms with Crippen LogP contribution in [-0.2, 0) is 9.53 Å². The number of anilines is 1. The van der Waals surface area contributed by atoms with Gasteiger partial charge >= 0.3 is 0 Å². The molecule has 1 amide bonds. The van der Waals surface area contributed by atoms with Crippen molar-refractivity contribution in [1.82, 2.24) is 14.9 Å². The Morgan fingerprint density at radius 2 is 2.14 bits per heavy atom. The Balaban J connectivity index is 2.06. The van der Waals surface area contributed by atoms with Crippen LogP contribution in [0.5, 0.6) is 0 Å². The molecule has 21 heavy (non-hydrogen) atoms. The van der Waals surface area contributed by atoms with Gasteiger partial charge in [0.25, 0.3) is 0 Å². The minimum Gasteiger partial charge on any atom is -0.388 e. The first kappa shape index (κ1) is 15.6. The van der Waals surface area contributed by atoms with Crippen molar-refractivity contribution >= 4 is 29.1 Å². The lowest BCUT2D eigenvalue weighted by atomic mass is 10.2. The number of aromatic nitrogens is 2. The molecule has 1 saturated heterocycles. The van der Waals surface area contributed by atoms with E-state index in [1.807, 2.05) is 6.92 Å². The summed E-state index contributed by atoms with van der Waals surface area (Å²) in [5.41, 5.74) is 6.81. The number of thiocarbonyl (C=S) groups is 1. The van der Waals surface area contributed by atoms with Gasteiger partial charge in [-0.2, -0.15) is 0 Å². The van der Waals surface area contributed by atoms with Gasteiger partial charge in [0.15, 0.2) is 0 Å². The van der Waals surface area contributed by atoms with Crippen LogP contribution in [0.3, 0.4) is 0 Å². The molecule has 0 radical (unpaired) electrons. The molecule has 8 heteroatoms. The van der Waals surface area contributed by atoms with E-state index >= 15 is 0 Å². The normalized spacial score (nSPS) is 16.4. The number of rotatable bonds is 4. The summed E-state index contributed by atoms with van der Waals surface area (Å²) in [4.78, 5) is 22.7. The fraction of sp³-hybridized carbons (Fsp3) is 0.538. The Morgan fingerprint density at radius 1 is 1.48 bits per heavy atom. The smallest absolute Gasteiger partial charge is 0.245 e. The summed E-state index contributed by atoms with van der Waals surface area (Å²) in [6.07, 6.45) is 0. The molecule has 0 aromatic carbocycles. The molecule has 3 N–H and O–H groups in total. The fourth-order valence-corrected chi connectivity index (χ4v) is 2.18. The van der Waals surface area contributed by atoms with E-state index in [1.54, 1.807) is 17.9 Å². The Kier molecular flexibility index (Phi) is 5.03. The molecule has 1 aliphatic rings. The van der Waals surface area contributed by atoms with E-state index in [2.05, 4.69) is 15.3 Å². The average molecular weight is 309 g/mol. The molecular formula is C13H19N5O2S. The highest BCUT2D eigenvalue weighted by atomic mass is 32.1. The molecular weight excluding hydrogens is 290 g/mol. The van der Waals surface area contributed by atoms with Gasteiger partial charge in [-0.1, -0.05) is 12.2 Å². The minimum atomic E-state index is -0.427. The summed E-state index contributed by atoms with van der Waals surface area (Å²) in [6.45, 7) is 5.97. The van der Waals surface area contributed by atoms with Crippen molar-refractivity contribution in [2.45, 2.75) is 19.9 Å². The lowest BCUT2D eigenvalue weighted by molar-refractivity contribution is -0.135. The predicted molar refractivity (Wildman–Crippen MR) is 83.1 cm³/mol. The summed E-state index contributed by atoms with van der Waals surface area (Å²) >= 11 is 4.92. The lowest BCUT2D eigenvalue weighted by Crippen LogP contribution is -2.47. The first-order chi connectivity index (χ1) is 9.97. The number of morpholine rings is 1. The quantitative estimate of drug-likeness (QED) is 0.761. The van der Waals surface area contributed by atoms with Gasteiger partial charge in [-0.3, -0.25) is 4.79 Å². The molecule has 1 fully saturated rings. The summed E-state index contributed by atoms with van der Waals surface area (Å²) in [6, 6.07) is 1.28. The molecule has 1 aromatic heterocycles. The van der Waals surface area contributed by atoms with Gasteiger partial charge < -0.3 is 20.7 Å². The molecule has 0 aliphatic carbocycles. The van der Waals surface area contributed by atoms with Crippen LogP contribution in [0.1, 0.15) is 18.3 Å². The molecule has 1 unspecified atom stereocenters. The number of aryl methyl sites for hydroxylation is 1. The van der Waals surface area contributed by atoms with Crippen LogP contribution >= 0.6 is 12.2 Å². The standard InChI is InChI=1S/C13H19N5O2S/c1-8-7-10(11(14)21)17-13(15-8)16-9(2)12(19)18-3-5-20-6-4-18/h7,9H,3-6H2,1-2H3,(H2,14,21)(H,15,16,17). The predicted octanol–water partition coefficient (Wildman–Crippen LogP) is 0.0784. The van der Waals surface area contributed by atoms with Crippen molar-refractivity contribution in [2.75, 3.05) is 31.6 Å². The first-order valence-corrected chi connectivity index (χ1v) is 7.17. The van der Waals surface area contributed by atoms with Crippen molar-refractivity contribution in [3.63, 3.8) is 0 Å². The van der Waals surface area contributed by atoms with Crippen LogP contribution < -0.4 is 11.1 Å². The molecule has 0 saturated carbocycles. The highest BCUT2D eigenvalue weighted by Gasteiger charge is 2.23. The van der Waals surface area contributed by atoms with Crippen LogP contribution in [0, 0.1) is 6.92 Å². The van der Waals surface area contributed by atoms with Crippen molar-refractivity contribution in [3.8, 4) is 0 Å². The molecule has 7 nitrogen and oxygen atoms in total. The lowest BCUT2D eigenvalue weighted by Gasteiger charge is -2.29. The number of carbonyl (C=O) groups is 1. The number of amides is 1. The molecule has 1 aliphatic heterocycles. The van der Waals surface area contributed by atoms with E-state index < -0.39 is 6.04 Å². The van der Waals surface area contributed by atoms with Crippen molar-refractivity contribution in [1.29, 1.82) is 0 Å². The van der Waals surface area contributed by atoms with E-state index in [1.165, 1.54) is 0 Å². The summed E-state index contributed by atoms with van der Waals surface area (Å²) in [5, 5.41) is 3.01. The van der Waals surface area contributed by atoms with Crippen molar-refractivity contribution in [2.24, 2.45) is 5.73 Å². The Hall–Kier alpha value is -1.80. The number of nitrogens with zero attached hydrogens (tertiary/aromatic N) is 3. The zero-order valence-corrected chi connectivity index (χ0v) is 12.9. The maximum atomic E-state index is 12.3. The minimum absolute atomic E-state index is 0.000260. The third-order valence-electron chi connectivity index (χ3n) is 3.15. The molecule has 2 rings (SSSR count). The van der Waals surface area contributed by atoms with Gasteiger partial charge in [-0.15, -0.1) is 0 Å². The van der Waals surface area contributed by atoms with Gasteiger partial charge in [-0.25, -0.2) is 9.97 Å². The third-order valence-corrected chi connectivity index (χ3v) is 3.35. The molecule has 2 heterocycles. The van der Waals surface area contributed by atoms with Crippen molar-refractivity contribution in [3.05, 3.63) is 17.5 Å². The second kappa shape index (κ2) is 6.77. The summed E-state index contributed by atoms with van der Waals surface area (Å²) in [7, 11) is 0. The number of nitrogens with two attached hydrogens (primary N) is 1. The van der Waals surface area contributed by atoms with Gasteiger partial charge in [-0.05, 0) is 19.9 Å². The van der Waals surface area contributed by atoms with Crippen LogP contribution in [0.4, 0.5) is 5.95 Å². The second-order valence-corrected chi connectivity index (χ2v) is 5.33. The monoisotopic (exact) mass is 309 g/mol. The average Bonchev–Trinajstić information content (AvgIpc) is 2.46. The Bertz CT molecular complexity index is 545. The van der Waals surface area contributed by atoms with Crippen LogP contribution in [0.25, 0.3) is 0 Å². The van der Waals surface area contributed by atoms with E-state index in [4.69, 9.17) is 22.7 Å². The molecule has 114 valence electrons. The van der Waals surface area contributed by atoms with Crippen LogP contribution in [-0.4, -0.2) is 58.1 Å².